The molecule has 1 saturated heterocycles. The molecule has 0 bridgehead atoms. The highest BCUT2D eigenvalue weighted by atomic mass is 19.4. The second kappa shape index (κ2) is 5.76. The highest BCUT2D eigenvalue weighted by Crippen LogP contribution is 2.35. The third-order valence-corrected chi connectivity index (χ3v) is 4.26. The highest BCUT2D eigenvalue weighted by Gasteiger charge is 2.34. The lowest BCUT2D eigenvalue weighted by Gasteiger charge is -2.22. The summed E-state index contributed by atoms with van der Waals surface area (Å²) in [6.45, 7) is 3.72. The van der Waals surface area contributed by atoms with Gasteiger partial charge in [-0.25, -0.2) is 4.68 Å². The molecule has 0 spiro atoms. The molecular formula is C16H18F3N3. The molecule has 6 heteroatoms. The fourth-order valence-electron chi connectivity index (χ4n) is 3.10. The molecule has 1 aromatic heterocycles. The first-order chi connectivity index (χ1) is 10.5. The van der Waals surface area contributed by atoms with E-state index in [4.69, 9.17) is 0 Å². The van der Waals surface area contributed by atoms with E-state index in [1.807, 2.05) is 6.92 Å². The van der Waals surface area contributed by atoms with Crippen molar-refractivity contribution in [1.82, 2.24) is 15.1 Å². The van der Waals surface area contributed by atoms with Gasteiger partial charge < -0.3 is 5.32 Å². The Hall–Kier alpha value is -1.82. The van der Waals surface area contributed by atoms with Gasteiger partial charge in [0.05, 0.1) is 17.4 Å². The smallest absolute Gasteiger partial charge is 0.317 e. The summed E-state index contributed by atoms with van der Waals surface area (Å²) in [5, 5.41) is 7.53. The molecule has 118 valence electrons. The van der Waals surface area contributed by atoms with E-state index in [1.165, 1.54) is 16.8 Å². The van der Waals surface area contributed by atoms with Crippen LogP contribution < -0.4 is 5.32 Å². The number of rotatable bonds is 2. The van der Waals surface area contributed by atoms with Crippen LogP contribution >= 0.6 is 0 Å². The van der Waals surface area contributed by atoms with Crippen LogP contribution in [0.15, 0.2) is 30.5 Å². The molecule has 22 heavy (non-hydrogen) atoms. The molecule has 3 nitrogen and oxygen atoms in total. The Labute approximate surface area is 127 Å². The van der Waals surface area contributed by atoms with Gasteiger partial charge in [0.1, 0.15) is 0 Å². The Bertz CT molecular complexity index is 655. The van der Waals surface area contributed by atoms with Crippen LogP contribution in [0.1, 0.15) is 35.6 Å². The average Bonchev–Trinajstić information content (AvgIpc) is 2.89. The van der Waals surface area contributed by atoms with Gasteiger partial charge in [-0.15, -0.1) is 0 Å². The molecule has 1 fully saturated rings. The summed E-state index contributed by atoms with van der Waals surface area (Å²) < 4.78 is 41.0. The minimum atomic E-state index is -4.39. The number of nitrogens with zero attached hydrogens (tertiary/aromatic N) is 2. The normalized spacial score (nSPS) is 16.9. The monoisotopic (exact) mass is 309 g/mol. The van der Waals surface area contributed by atoms with Gasteiger partial charge in [-0.05, 0) is 56.5 Å². The first-order valence-electron chi connectivity index (χ1n) is 7.40. The summed E-state index contributed by atoms with van der Waals surface area (Å²) in [5.41, 5.74) is 1.29. The zero-order valence-electron chi connectivity index (χ0n) is 12.3. The molecule has 0 unspecified atom stereocenters. The van der Waals surface area contributed by atoms with E-state index in [9.17, 15) is 13.2 Å². The van der Waals surface area contributed by atoms with Crippen LogP contribution in [0, 0.1) is 6.92 Å². The maximum atomic E-state index is 13.2. The van der Waals surface area contributed by atoms with Crippen molar-refractivity contribution >= 4 is 0 Å². The van der Waals surface area contributed by atoms with Crippen molar-refractivity contribution in [2.75, 3.05) is 13.1 Å². The number of aromatic nitrogens is 2. The summed E-state index contributed by atoms with van der Waals surface area (Å²) in [5.74, 6) is 0.369. The third kappa shape index (κ3) is 2.75. The second-order valence-electron chi connectivity index (χ2n) is 5.64. The van der Waals surface area contributed by atoms with Gasteiger partial charge in [-0.1, -0.05) is 12.1 Å². The summed E-state index contributed by atoms with van der Waals surface area (Å²) in [6, 6.07) is 5.57. The van der Waals surface area contributed by atoms with E-state index in [0.717, 1.165) is 43.3 Å². The average molecular weight is 309 g/mol. The fraction of sp³-hybridized carbons (Fsp3) is 0.438. The number of piperidine rings is 1. The molecule has 0 amide bonds. The highest BCUT2D eigenvalue weighted by molar-refractivity contribution is 5.44. The lowest BCUT2D eigenvalue weighted by atomic mass is 9.91. The molecule has 2 aromatic rings. The van der Waals surface area contributed by atoms with E-state index in [-0.39, 0.29) is 5.69 Å². The molecule has 3 rings (SSSR count). The Morgan fingerprint density at radius 3 is 2.55 bits per heavy atom. The van der Waals surface area contributed by atoms with Crippen LogP contribution in [0.2, 0.25) is 0 Å². The summed E-state index contributed by atoms with van der Waals surface area (Å²) >= 11 is 0. The number of hydrogen-bond acceptors (Lipinski definition) is 2. The Morgan fingerprint density at radius 2 is 1.86 bits per heavy atom. The predicted molar refractivity (Wildman–Crippen MR) is 78.1 cm³/mol. The topological polar surface area (TPSA) is 29.9 Å². The van der Waals surface area contributed by atoms with E-state index in [1.54, 1.807) is 12.3 Å². The number of hydrogen-bond donors (Lipinski definition) is 1. The molecular weight excluding hydrogens is 291 g/mol. The zero-order valence-corrected chi connectivity index (χ0v) is 12.3. The lowest BCUT2D eigenvalue weighted by molar-refractivity contribution is -0.137. The van der Waals surface area contributed by atoms with Crippen molar-refractivity contribution in [2.24, 2.45) is 0 Å². The quantitative estimate of drug-likeness (QED) is 0.917. The van der Waals surface area contributed by atoms with Crippen LogP contribution in [-0.4, -0.2) is 22.9 Å². The van der Waals surface area contributed by atoms with E-state index < -0.39 is 11.7 Å². The number of para-hydroxylation sites is 1. The SMILES string of the molecule is Cc1c(C2CCNCC2)cnn1-c1ccccc1C(F)(F)F. The number of alkyl halides is 3. The standard InChI is InChI=1S/C16H18F3N3/c1-11-13(12-6-8-20-9-7-12)10-21-22(11)15-5-3-2-4-14(15)16(17,18)19/h2-5,10,12,20H,6-9H2,1H3. The van der Waals surface area contributed by atoms with Crippen LogP contribution in [0.25, 0.3) is 5.69 Å². The Balaban J connectivity index is 2.02. The Kier molecular flexibility index (Phi) is 3.95. The van der Waals surface area contributed by atoms with Crippen molar-refractivity contribution in [3.05, 3.63) is 47.3 Å². The minimum absolute atomic E-state index is 0.0904. The van der Waals surface area contributed by atoms with Crippen LogP contribution in [-0.2, 0) is 6.18 Å². The molecule has 1 aliphatic rings. The summed E-state index contributed by atoms with van der Waals surface area (Å²) in [6.07, 6.45) is -0.677. The van der Waals surface area contributed by atoms with Gasteiger partial charge >= 0.3 is 6.18 Å². The largest absolute Gasteiger partial charge is 0.418 e. The maximum Gasteiger partial charge on any atom is 0.418 e. The third-order valence-electron chi connectivity index (χ3n) is 4.26. The molecule has 2 heterocycles. The molecule has 1 N–H and O–H groups in total. The van der Waals surface area contributed by atoms with Crippen molar-refractivity contribution in [3.8, 4) is 5.69 Å². The van der Waals surface area contributed by atoms with Crippen LogP contribution in [0.3, 0.4) is 0 Å². The lowest BCUT2D eigenvalue weighted by Crippen LogP contribution is -2.26. The summed E-state index contributed by atoms with van der Waals surface area (Å²) in [4.78, 5) is 0. The van der Waals surface area contributed by atoms with Crippen molar-refractivity contribution in [2.45, 2.75) is 31.9 Å². The van der Waals surface area contributed by atoms with Gasteiger partial charge in [0.25, 0.3) is 0 Å². The van der Waals surface area contributed by atoms with Crippen LogP contribution in [0.5, 0.6) is 0 Å². The first-order valence-corrected chi connectivity index (χ1v) is 7.40. The molecule has 0 atom stereocenters. The number of nitrogens with one attached hydrogen (secondary N) is 1. The van der Waals surface area contributed by atoms with Gasteiger partial charge in [0, 0.05) is 5.69 Å². The zero-order chi connectivity index (χ0) is 15.7. The van der Waals surface area contributed by atoms with E-state index in [2.05, 4.69) is 10.4 Å². The summed E-state index contributed by atoms with van der Waals surface area (Å²) in [7, 11) is 0. The van der Waals surface area contributed by atoms with Crippen molar-refractivity contribution in [1.29, 1.82) is 0 Å². The molecule has 1 aromatic carbocycles. The molecule has 0 radical (unpaired) electrons. The van der Waals surface area contributed by atoms with E-state index >= 15 is 0 Å². The second-order valence-corrected chi connectivity index (χ2v) is 5.64. The molecule has 0 saturated carbocycles. The van der Waals surface area contributed by atoms with Crippen molar-refractivity contribution in [3.63, 3.8) is 0 Å². The van der Waals surface area contributed by atoms with Crippen LogP contribution in [0.4, 0.5) is 13.2 Å². The van der Waals surface area contributed by atoms with Gasteiger partial charge in [-0.2, -0.15) is 18.3 Å². The molecule has 1 aliphatic heterocycles. The van der Waals surface area contributed by atoms with Crippen molar-refractivity contribution < 1.29 is 13.2 Å². The first kappa shape index (κ1) is 15.1. The minimum Gasteiger partial charge on any atom is -0.317 e. The van der Waals surface area contributed by atoms with Gasteiger partial charge in [0.15, 0.2) is 0 Å². The predicted octanol–water partition coefficient (Wildman–Crippen LogP) is 3.67. The number of halogens is 3. The fourth-order valence-corrected chi connectivity index (χ4v) is 3.10. The van der Waals surface area contributed by atoms with Gasteiger partial charge in [0.2, 0.25) is 0 Å². The number of benzene rings is 1. The Morgan fingerprint density at radius 1 is 1.18 bits per heavy atom. The van der Waals surface area contributed by atoms with Gasteiger partial charge in [-0.3, -0.25) is 0 Å². The van der Waals surface area contributed by atoms with E-state index in [0.29, 0.717) is 5.92 Å². The maximum absolute atomic E-state index is 13.2. The molecule has 0 aliphatic carbocycles.